The molecule has 1 atom stereocenters. The Labute approximate surface area is 122 Å². The lowest BCUT2D eigenvalue weighted by atomic mass is 9.83. The van der Waals surface area contributed by atoms with Crippen molar-refractivity contribution in [3.63, 3.8) is 0 Å². The topological polar surface area (TPSA) is 34.1 Å². The maximum absolute atomic E-state index is 12.3. The molecule has 110 valence electrons. The van der Waals surface area contributed by atoms with Crippen LogP contribution >= 0.6 is 15.9 Å². The van der Waals surface area contributed by atoms with Crippen LogP contribution in [0.3, 0.4) is 0 Å². The van der Waals surface area contributed by atoms with Crippen LogP contribution in [-0.2, 0) is 9.84 Å². The van der Waals surface area contributed by atoms with E-state index in [1.807, 2.05) is 6.92 Å². The molecular weight excluding hydrogens is 312 g/mol. The fraction of sp³-hybridized carbons (Fsp3) is 1.00. The number of hydrogen-bond donors (Lipinski definition) is 0. The Morgan fingerprint density at radius 3 is 1.94 bits per heavy atom. The van der Waals surface area contributed by atoms with Crippen molar-refractivity contribution >= 4 is 25.8 Å². The van der Waals surface area contributed by atoms with E-state index < -0.39 is 9.84 Å². The quantitative estimate of drug-likeness (QED) is 0.551. The normalized spacial score (nSPS) is 14.7. The number of alkyl halides is 1. The van der Waals surface area contributed by atoms with E-state index in [-0.39, 0.29) is 11.3 Å². The lowest BCUT2D eigenvalue weighted by Crippen LogP contribution is -2.34. The summed E-state index contributed by atoms with van der Waals surface area (Å²) in [6.45, 7) is 8.34. The number of hydrogen-bond acceptors (Lipinski definition) is 2. The van der Waals surface area contributed by atoms with Gasteiger partial charge in [-0.3, -0.25) is 0 Å². The molecule has 0 aromatic rings. The van der Waals surface area contributed by atoms with Crippen LogP contribution in [0.5, 0.6) is 0 Å². The maximum Gasteiger partial charge on any atom is 0.151 e. The van der Waals surface area contributed by atoms with Gasteiger partial charge in [0.15, 0.2) is 9.84 Å². The lowest BCUT2D eigenvalue weighted by molar-refractivity contribution is 0.313. The summed E-state index contributed by atoms with van der Waals surface area (Å²) in [4.78, 5) is 0. The molecule has 0 bridgehead atoms. The van der Waals surface area contributed by atoms with E-state index >= 15 is 0 Å². The molecule has 0 heterocycles. The van der Waals surface area contributed by atoms with Crippen molar-refractivity contribution in [2.24, 2.45) is 11.3 Å². The van der Waals surface area contributed by atoms with E-state index in [1.165, 1.54) is 0 Å². The summed E-state index contributed by atoms with van der Waals surface area (Å²) in [6.07, 6.45) is 5.01. The SMILES string of the molecule is CCCC(CBr)(CCC)CS(=O)(=O)CC(C)CC. The van der Waals surface area contributed by atoms with Crippen LogP contribution in [0.4, 0.5) is 0 Å². The van der Waals surface area contributed by atoms with E-state index in [0.29, 0.717) is 11.5 Å². The van der Waals surface area contributed by atoms with Crippen LogP contribution in [0.15, 0.2) is 0 Å². The first-order chi connectivity index (χ1) is 8.34. The minimum atomic E-state index is -2.94. The van der Waals surface area contributed by atoms with Crippen LogP contribution in [0.2, 0.25) is 0 Å². The zero-order chi connectivity index (χ0) is 14.2. The van der Waals surface area contributed by atoms with Crippen LogP contribution in [-0.4, -0.2) is 25.3 Å². The van der Waals surface area contributed by atoms with E-state index in [9.17, 15) is 8.42 Å². The van der Waals surface area contributed by atoms with Crippen molar-refractivity contribution in [2.45, 2.75) is 59.8 Å². The van der Waals surface area contributed by atoms with Gasteiger partial charge in [-0.25, -0.2) is 8.42 Å². The molecule has 0 aliphatic carbocycles. The molecule has 0 radical (unpaired) electrons. The van der Waals surface area contributed by atoms with Gasteiger partial charge in [0, 0.05) is 5.33 Å². The molecule has 0 aromatic carbocycles. The van der Waals surface area contributed by atoms with Gasteiger partial charge in [-0.05, 0) is 24.2 Å². The van der Waals surface area contributed by atoms with Gasteiger partial charge in [-0.2, -0.15) is 0 Å². The van der Waals surface area contributed by atoms with Crippen LogP contribution in [0.1, 0.15) is 59.8 Å². The van der Waals surface area contributed by atoms with E-state index in [1.54, 1.807) is 0 Å². The van der Waals surface area contributed by atoms with Gasteiger partial charge in [0.25, 0.3) is 0 Å². The van der Waals surface area contributed by atoms with Gasteiger partial charge in [-0.1, -0.05) is 62.9 Å². The highest BCUT2D eigenvalue weighted by Crippen LogP contribution is 2.34. The zero-order valence-corrected chi connectivity index (χ0v) is 14.7. The van der Waals surface area contributed by atoms with E-state index in [0.717, 1.165) is 37.4 Å². The molecule has 0 N–H and O–H groups in total. The number of sulfone groups is 1. The monoisotopic (exact) mass is 340 g/mol. The predicted octanol–water partition coefficient (Wildman–Crippen LogP) is 4.43. The maximum atomic E-state index is 12.3. The van der Waals surface area contributed by atoms with Crippen molar-refractivity contribution in [1.29, 1.82) is 0 Å². The first-order valence-corrected chi connectivity index (χ1v) is 10.1. The summed E-state index contributed by atoms with van der Waals surface area (Å²) >= 11 is 3.55. The molecule has 18 heavy (non-hydrogen) atoms. The summed E-state index contributed by atoms with van der Waals surface area (Å²) in [5.41, 5.74) is -0.0597. The molecular formula is C14H29BrO2S. The summed E-state index contributed by atoms with van der Waals surface area (Å²) in [6, 6.07) is 0. The first-order valence-electron chi connectivity index (χ1n) is 7.11. The van der Waals surface area contributed by atoms with E-state index in [4.69, 9.17) is 0 Å². The Hall–Kier alpha value is 0.430. The van der Waals surface area contributed by atoms with Crippen molar-refractivity contribution < 1.29 is 8.42 Å². The highest BCUT2D eigenvalue weighted by Gasteiger charge is 2.33. The smallest absolute Gasteiger partial charge is 0.151 e. The Kier molecular flexibility index (Phi) is 8.78. The highest BCUT2D eigenvalue weighted by molar-refractivity contribution is 9.09. The second-order valence-electron chi connectivity index (χ2n) is 5.70. The minimum Gasteiger partial charge on any atom is -0.229 e. The van der Waals surface area contributed by atoms with Gasteiger partial charge in [-0.15, -0.1) is 0 Å². The summed E-state index contributed by atoms with van der Waals surface area (Å²) in [7, 11) is -2.94. The standard InChI is InChI=1S/C14H29BrO2S/c1-5-8-14(11-15,9-6-2)12-18(16,17)10-13(4)7-3/h13H,5-12H2,1-4H3. The van der Waals surface area contributed by atoms with Gasteiger partial charge >= 0.3 is 0 Å². The average molecular weight is 341 g/mol. The van der Waals surface area contributed by atoms with Crippen molar-refractivity contribution in [2.75, 3.05) is 16.8 Å². The van der Waals surface area contributed by atoms with Crippen molar-refractivity contribution in [1.82, 2.24) is 0 Å². The highest BCUT2D eigenvalue weighted by atomic mass is 79.9. The van der Waals surface area contributed by atoms with Gasteiger partial charge < -0.3 is 0 Å². The molecule has 1 unspecified atom stereocenters. The second kappa shape index (κ2) is 8.57. The Balaban J connectivity index is 4.84. The summed E-state index contributed by atoms with van der Waals surface area (Å²) in [5.74, 6) is 0.953. The molecule has 0 spiro atoms. The molecule has 0 saturated heterocycles. The molecule has 0 saturated carbocycles. The Morgan fingerprint density at radius 1 is 1.11 bits per heavy atom. The molecule has 0 aliphatic rings. The molecule has 0 aliphatic heterocycles. The van der Waals surface area contributed by atoms with E-state index in [2.05, 4.69) is 36.7 Å². The number of halogens is 1. The Morgan fingerprint density at radius 2 is 1.61 bits per heavy atom. The van der Waals surface area contributed by atoms with Crippen LogP contribution in [0.25, 0.3) is 0 Å². The third-order valence-electron chi connectivity index (χ3n) is 3.61. The minimum absolute atomic E-state index is 0.0597. The van der Waals surface area contributed by atoms with Crippen molar-refractivity contribution in [3.05, 3.63) is 0 Å². The predicted molar refractivity (Wildman–Crippen MR) is 84.2 cm³/mol. The fourth-order valence-electron chi connectivity index (χ4n) is 2.58. The molecule has 0 fully saturated rings. The second-order valence-corrected chi connectivity index (χ2v) is 8.37. The lowest BCUT2D eigenvalue weighted by Gasteiger charge is -2.31. The average Bonchev–Trinajstić information content (AvgIpc) is 2.28. The van der Waals surface area contributed by atoms with Gasteiger partial charge in [0.1, 0.15) is 0 Å². The molecule has 0 aromatic heterocycles. The molecule has 0 rings (SSSR count). The molecule has 4 heteroatoms. The van der Waals surface area contributed by atoms with Crippen LogP contribution < -0.4 is 0 Å². The van der Waals surface area contributed by atoms with Crippen LogP contribution in [0, 0.1) is 11.3 Å². The van der Waals surface area contributed by atoms with Gasteiger partial charge in [0.05, 0.1) is 11.5 Å². The third kappa shape index (κ3) is 6.55. The molecule has 0 amide bonds. The zero-order valence-electron chi connectivity index (χ0n) is 12.3. The Bertz CT molecular complexity index is 306. The number of rotatable bonds is 10. The summed E-state index contributed by atoms with van der Waals surface area (Å²) < 4.78 is 24.6. The largest absolute Gasteiger partial charge is 0.229 e. The van der Waals surface area contributed by atoms with Gasteiger partial charge in [0.2, 0.25) is 0 Å². The fourth-order valence-corrected chi connectivity index (χ4v) is 6.14. The van der Waals surface area contributed by atoms with Crippen molar-refractivity contribution in [3.8, 4) is 0 Å². The summed E-state index contributed by atoms with van der Waals surface area (Å²) in [5, 5.41) is 0.793. The third-order valence-corrected chi connectivity index (χ3v) is 6.92. The first kappa shape index (κ1) is 18.4. The molecule has 2 nitrogen and oxygen atoms in total.